The number of ether oxygens (including phenoxy) is 2. The highest BCUT2D eigenvalue weighted by Crippen LogP contribution is 2.23. The molecule has 0 bridgehead atoms. The maximum atomic E-state index is 12.5. The number of hydrogen-bond acceptors (Lipinski definition) is 5. The van der Waals surface area contributed by atoms with Crippen molar-refractivity contribution in [2.75, 3.05) is 11.9 Å². The maximum absolute atomic E-state index is 12.5. The van der Waals surface area contributed by atoms with Crippen molar-refractivity contribution in [3.63, 3.8) is 0 Å². The molecule has 0 aliphatic heterocycles. The van der Waals surface area contributed by atoms with Gasteiger partial charge in [-0.25, -0.2) is 9.59 Å². The second kappa shape index (κ2) is 9.39. The zero-order valence-electron chi connectivity index (χ0n) is 16.2. The Balaban J connectivity index is 1.91. The largest absolute Gasteiger partial charge is 0.459 e. The lowest BCUT2D eigenvalue weighted by Gasteiger charge is -2.22. The molecule has 0 unspecified atom stereocenters. The molecule has 0 spiro atoms. The van der Waals surface area contributed by atoms with Crippen molar-refractivity contribution in [1.29, 1.82) is 0 Å². The third kappa shape index (κ3) is 7.29. The van der Waals surface area contributed by atoms with E-state index in [0.29, 0.717) is 11.3 Å². The van der Waals surface area contributed by atoms with Crippen molar-refractivity contribution < 1.29 is 23.9 Å². The topological polar surface area (TPSA) is 93.7 Å². The summed E-state index contributed by atoms with van der Waals surface area (Å²) in [4.78, 5) is 36.2. The minimum absolute atomic E-state index is 0.0659. The van der Waals surface area contributed by atoms with Gasteiger partial charge in [0.15, 0.2) is 0 Å². The van der Waals surface area contributed by atoms with Crippen LogP contribution in [-0.4, -0.2) is 36.2 Å². The van der Waals surface area contributed by atoms with E-state index in [2.05, 4.69) is 10.6 Å². The van der Waals surface area contributed by atoms with Crippen LogP contribution in [0, 0.1) is 0 Å². The van der Waals surface area contributed by atoms with Crippen molar-refractivity contribution in [1.82, 2.24) is 5.32 Å². The number of amides is 2. The molecular formula is C20H28N2O5. The standard InChI is InChI=1S/C20H28N2O5/c1-20(2,3)27-19(25)21-13-17(23)22-16-12-8-7-11-15(16)18(24)26-14-9-5-4-6-10-14/h7-8,11-12,14H,4-6,9-10,13H2,1-3H3,(H,21,25)(H,22,23). The number of anilines is 1. The Bertz CT molecular complexity index is 675. The fraction of sp³-hybridized carbons (Fsp3) is 0.550. The number of hydrogen-bond donors (Lipinski definition) is 2. The third-order valence-electron chi connectivity index (χ3n) is 4.04. The zero-order chi connectivity index (χ0) is 19.9. The Kier molecular flexibility index (Phi) is 7.21. The molecule has 27 heavy (non-hydrogen) atoms. The Morgan fingerprint density at radius 3 is 2.41 bits per heavy atom. The van der Waals surface area contributed by atoms with Gasteiger partial charge in [0.2, 0.25) is 5.91 Å². The van der Waals surface area contributed by atoms with Gasteiger partial charge in [-0.05, 0) is 58.6 Å². The van der Waals surface area contributed by atoms with E-state index in [9.17, 15) is 14.4 Å². The Hall–Kier alpha value is -2.57. The van der Waals surface area contributed by atoms with Crippen LogP contribution in [0.3, 0.4) is 0 Å². The third-order valence-corrected chi connectivity index (χ3v) is 4.04. The van der Waals surface area contributed by atoms with Crippen LogP contribution in [0.2, 0.25) is 0 Å². The van der Waals surface area contributed by atoms with E-state index in [1.807, 2.05) is 0 Å². The minimum atomic E-state index is -0.678. The van der Waals surface area contributed by atoms with E-state index >= 15 is 0 Å². The summed E-state index contributed by atoms with van der Waals surface area (Å²) in [5, 5.41) is 5.02. The summed E-state index contributed by atoms with van der Waals surface area (Å²) in [6, 6.07) is 6.67. The van der Waals surface area contributed by atoms with Gasteiger partial charge in [-0.3, -0.25) is 4.79 Å². The van der Waals surface area contributed by atoms with Gasteiger partial charge in [0, 0.05) is 0 Å². The highest BCUT2D eigenvalue weighted by molar-refractivity contribution is 6.02. The molecule has 2 rings (SSSR count). The van der Waals surface area contributed by atoms with Crippen molar-refractivity contribution in [2.45, 2.75) is 64.6 Å². The van der Waals surface area contributed by atoms with Gasteiger partial charge >= 0.3 is 12.1 Å². The highest BCUT2D eigenvalue weighted by atomic mass is 16.6. The Morgan fingerprint density at radius 1 is 1.07 bits per heavy atom. The van der Waals surface area contributed by atoms with Crippen LogP contribution in [0.25, 0.3) is 0 Å². The predicted molar refractivity (Wildman–Crippen MR) is 102 cm³/mol. The van der Waals surface area contributed by atoms with Gasteiger partial charge in [0.25, 0.3) is 0 Å². The molecule has 0 atom stereocenters. The summed E-state index contributed by atoms with van der Waals surface area (Å²) in [6.45, 7) is 4.95. The summed E-state index contributed by atoms with van der Waals surface area (Å²) in [5.74, 6) is -0.906. The molecule has 1 aromatic carbocycles. The molecule has 0 saturated heterocycles. The van der Waals surface area contributed by atoms with Crippen LogP contribution in [0.5, 0.6) is 0 Å². The van der Waals surface area contributed by atoms with Crippen LogP contribution in [0.4, 0.5) is 10.5 Å². The van der Waals surface area contributed by atoms with E-state index in [-0.39, 0.29) is 12.6 Å². The van der Waals surface area contributed by atoms with Crippen LogP contribution >= 0.6 is 0 Å². The Labute approximate surface area is 159 Å². The monoisotopic (exact) mass is 376 g/mol. The predicted octanol–water partition coefficient (Wildman–Crippen LogP) is 3.64. The van der Waals surface area contributed by atoms with Gasteiger partial charge in [-0.1, -0.05) is 18.6 Å². The van der Waals surface area contributed by atoms with Crippen LogP contribution in [0.1, 0.15) is 63.2 Å². The number of carbonyl (C=O) groups excluding carboxylic acids is 3. The molecular weight excluding hydrogens is 348 g/mol. The van der Waals surface area contributed by atoms with Crippen LogP contribution < -0.4 is 10.6 Å². The molecule has 7 heteroatoms. The molecule has 1 aliphatic rings. The van der Waals surface area contributed by atoms with E-state index in [1.165, 1.54) is 6.42 Å². The average molecular weight is 376 g/mol. The lowest BCUT2D eigenvalue weighted by atomic mass is 9.98. The van der Waals surface area contributed by atoms with Gasteiger partial charge in [0.1, 0.15) is 18.2 Å². The minimum Gasteiger partial charge on any atom is -0.459 e. The fourth-order valence-corrected chi connectivity index (χ4v) is 2.83. The summed E-state index contributed by atoms with van der Waals surface area (Å²) in [7, 11) is 0. The molecule has 1 aliphatic carbocycles. The van der Waals surface area contributed by atoms with Gasteiger partial charge in [-0.15, -0.1) is 0 Å². The molecule has 7 nitrogen and oxygen atoms in total. The van der Waals surface area contributed by atoms with Gasteiger partial charge < -0.3 is 20.1 Å². The van der Waals surface area contributed by atoms with Crippen LogP contribution in [-0.2, 0) is 14.3 Å². The number of esters is 1. The lowest BCUT2D eigenvalue weighted by Crippen LogP contribution is -2.37. The molecule has 2 amide bonds. The number of rotatable bonds is 5. The summed E-state index contributed by atoms with van der Waals surface area (Å²) in [5.41, 5.74) is 0.0127. The Morgan fingerprint density at radius 2 is 1.74 bits per heavy atom. The first-order valence-electron chi connectivity index (χ1n) is 9.31. The van der Waals surface area contributed by atoms with E-state index in [0.717, 1.165) is 25.7 Å². The van der Waals surface area contributed by atoms with Crippen molar-refractivity contribution in [2.24, 2.45) is 0 Å². The zero-order valence-corrected chi connectivity index (χ0v) is 16.2. The van der Waals surface area contributed by atoms with Crippen molar-refractivity contribution in [3.8, 4) is 0 Å². The molecule has 148 valence electrons. The fourth-order valence-electron chi connectivity index (χ4n) is 2.83. The van der Waals surface area contributed by atoms with E-state index in [4.69, 9.17) is 9.47 Å². The molecule has 0 radical (unpaired) electrons. The summed E-state index contributed by atoms with van der Waals surface area (Å²) >= 11 is 0. The number of nitrogens with one attached hydrogen (secondary N) is 2. The number of para-hydroxylation sites is 1. The molecule has 2 N–H and O–H groups in total. The van der Waals surface area contributed by atoms with E-state index < -0.39 is 23.6 Å². The highest BCUT2D eigenvalue weighted by Gasteiger charge is 2.21. The molecule has 1 saturated carbocycles. The van der Waals surface area contributed by atoms with Crippen molar-refractivity contribution in [3.05, 3.63) is 29.8 Å². The van der Waals surface area contributed by atoms with Crippen molar-refractivity contribution >= 4 is 23.7 Å². The normalized spacial score (nSPS) is 14.9. The first-order chi connectivity index (χ1) is 12.7. The SMILES string of the molecule is CC(C)(C)OC(=O)NCC(=O)Nc1ccccc1C(=O)OC1CCCCC1. The summed E-state index contributed by atoms with van der Waals surface area (Å²) < 4.78 is 10.7. The molecule has 1 aromatic rings. The molecule has 0 aromatic heterocycles. The number of carbonyl (C=O) groups is 3. The first kappa shape index (κ1) is 20.7. The van der Waals surface area contributed by atoms with E-state index in [1.54, 1.807) is 45.0 Å². The average Bonchev–Trinajstić information content (AvgIpc) is 2.60. The van der Waals surface area contributed by atoms with Crippen LogP contribution in [0.15, 0.2) is 24.3 Å². The second-order valence-electron chi connectivity index (χ2n) is 7.61. The molecule has 0 heterocycles. The van der Waals surface area contributed by atoms with Gasteiger partial charge in [0.05, 0.1) is 11.3 Å². The second-order valence-corrected chi connectivity index (χ2v) is 7.61. The van der Waals surface area contributed by atoms with Gasteiger partial charge in [-0.2, -0.15) is 0 Å². The lowest BCUT2D eigenvalue weighted by molar-refractivity contribution is -0.115. The quantitative estimate of drug-likeness (QED) is 0.765. The molecule has 1 fully saturated rings. The number of benzene rings is 1. The smallest absolute Gasteiger partial charge is 0.408 e. The maximum Gasteiger partial charge on any atom is 0.408 e. The summed E-state index contributed by atoms with van der Waals surface area (Å²) in [6.07, 6.45) is 4.30. The number of alkyl carbamates (subject to hydrolysis) is 1. The first-order valence-corrected chi connectivity index (χ1v) is 9.31.